The highest BCUT2D eigenvalue weighted by Crippen LogP contribution is 2.15. The van der Waals surface area contributed by atoms with E-state index in [9.17, 15) is 0 Å². The smallest absolute Gasteiger partial charge is 0.248 e. The first kappa shape index (κ1) is 17.2. The highest BCUT2D eigenvalue weighted by molar-refractivity contribution is 7.80. The molecule has 0 aliphatic rings. The van der Waals surface area contributed by atoms with Gasteiger partial charge in [-0.05, 0) is 54.2 Å². The van der Waals surface area contributed by atoms with Crippen LogP contribution < -0.4 is 15.4 Å². The van der Waals surface area contributed by atoms with Crippen molar-refractivity contribution in [1.29, 1.82) is 0 Å². The molecule has 0 aliphatic carbocycles. The highest BCUT2D eigenvalue weighted by atomic mass is 35.5. The quantitative estimate of drug-likeness (QED) is 0.663. The maximum Gasteiger partial charge on any atom is 0.248 e. The van der Waals surface area contributed by atoms with Gasteiger partial charge in [-0.15, -0.1) is 5.10 Å². The van der Waals surface area contributed by atoms with E-state index in [2.05, 4.69) is 20.7 Å². The van der Waals surface area contributed by atoms with Gasteiger partial charge in [-0.1, -0.05) is 23.7 Å². The summed E-state index contributed by atoms with van der Waals surface area (Å²) in [4.78, 5) is 4.21. The number of benzene rings is 2. The molecule has 1 heterocycles. The largest absolute Gasteiger partial charge is 0.497 e. The molecule has 0 saturated heterocycles. The first-order valence-corrected chi connectivity index (χ1v) is 8.27. The van der Waals surface area contributed by atoms with Crippen molar-refractivity contribution in [2.45, 2.75) is 6.54 Å². The van der Waals surface area contributed by atoms with E-state index in [1.54, 1.807) is 18.1 Å². The average Bonchev–Trinajstić information content (AvgIpc) is 3.04. The van der Waals surface area contributed by atoms with E-state index in [0.29, 0.717) is 22.6 Å². The summed E-state index contributed by atoms with van der Waals surface area (Å²) in [7, 11) is 1.63. The summed E-state index contributed by atoms with van der Waals surface area (Å²) in [6.45, 7) is 0.602. The number of hydrogen-bond acceptors (Lipinski definition) is 4. The van der Waals surface area contributed by atoms with Crippen LogP contribution in [-0.4, -0.2) is 27.0 Å². The minimum Gasteiger partial charge on any atom is -0.497 e. The minimum atomic E-state index is 0.411. The van der Waals surface area contributed by atoms with Crippen LogP contribution in [0, 0.1) is 0 Å². The fourth-order valence-corrected chi connectivity index (χ4v) is 2.48. The van der Waals surface area contributed by atoms with Crippen molar-refractivity contribution >= 4 is 40.6 Å². The zero-order chi connectivity index (χ0) is 17.6. The lowest BCUT2D eigenvalue weighted by atomic mass is 10.2. The zero-order valence-corrected chi connectivity index (χ0v) is 15.0. The van der Waals surface area contributed by atoms with Gasteiger partial charge in [-0.25, -0.2) is 9.67 Å². The Morgan fingerprint density at radius 3 is 2.52 bits per heavy atom. The molecule has 3 rings (SSSR count). The van der Waals surface area contributed by atoms with E-state index >= 15 is 0 Å². The van der Waals surface area contributed by atoms with Crippen molar-refractivity contribution in [2.24, 2.45) is 0 Å². The number of thiocarbonyl (C=S) groups is 1. The SMILES string of the molecule is COc1ccc(NC(=S)Nc2ncn(Cc3ccc(Cl)cc3)n2)cc1. The van der Waals surface area contributed by atoms with Gasteiger partial charge in [-0.2, -0.15) is 0 Å². The lowest BCUT2D eigenvalue weighted by molar-refractivity contribution is 0.415. The number of halogens is 1. The molecule has 1 aromatic heterocycles. The van der Waals surface area contributed by atoms with Gasteiger partial charge in [0, 0.05) is 10.7 Å². The zero-order valence-electron chi connectivity index (χ0n) is 13.4. The second-order valence-electron chi connectivity index (χ2n) is 5.20. The number of aromatic nitrogens is 3. The lowest BCUT2D eigenvalue weighted by Crippen LogP contribution is -2.20. The molecule has 8 heteroatoms. The van der Waals surface area contributed by atoms with Crippen molar-refractivity contribution in [3.8, 4) is 5.75 Å². The number of methoxy groups -OCH3 is 1. The third kappa shape index (κ3) is 4.91. The van der Waals surface area contributed by atoms with Gasteiger partial charge >= 0.3 is 0 Å². The summed E-state index contributed by atoms with van der Waals surface area (Å²) in [5.74, 6) is 1.21. The normalized spacial score (nSPS) is 10.3. The van der Waals surface area contributed by atoms with Gasteiger partial charge in [0.15, 0.2) is 5.11 Å². The van der Waals surface area contributed by atoms with Crippen LogP contribution in [0.5, 0.6) is 5.75 Å². The summed E-state index contributed by atoms with van der Waals surface area (Å²) < 4.78 is 6.85. The number of hydrogen-bond donors (Lipinski definition) is 2. The second-order valence-corrected chi connectivity index (χ2v) is 6.04. The predicted octanol–water partition coefficient (Wildman–Crippen LogP) is 3.80. The molecule has 2 aromatic carbocycles. The van der Waals surface area contributed by atoms with Crippen LogP contribution in [-0.2, 0) is 6.54 Å². The molecule has 0 aliphatic heterocycles. The maximum atomic E-state index is 5.89. The van der Waals surface area contributed by atoms with Gasteiger partial charge < -0.3 is 10.1 Å². The molecular formula is C17H16ClN5OS. The monoisotopic (exact) mass is 373 g/mol. The summed E-state index contributed by atoms with van der Waals surface area (Å²) >= 11 is 11.2. The third-order valence-electron chi connectivity index (χ3n) is 3.37. The first-order valence-electron chi connectivity index (χ1n) is 7.48. The molecule has 6 nitrogen and oxygen atoms in total. The molecule has 25 heavy (non-hydrogen) atoms. The van der Waals surface area contributed by atoms with Gasteiger partial charge in [0.05, 0.1) is 13.7 Å². The van der Waals surface area contributed by atoms with Crippen LogP contribution in [0.4, 0.5) is 11.6 Å². The van der Waals surface area contributed by atoms with Crippen LogP contribution in [0.25, 0.3) is 0 Å². The fraction of sp³-hybridized carbons (Fsp3) is 0.118. The van der Waals surface area contributed by atoms with Crippen molar-refractivity contribution in [2.75, 3.05) is 17.7 Å². The number of nitrogens with one attached hydrogen (secondary N) is 2. The summed E-state index contributed by atoms with van der Waals surface area (Å²) in [6, 6.07) is 15.1. The fourth-order valence-electron chi connectivity index (χ4n) is 2.14. The van der Waals surface area contributed by atoms with Gasteiger partial charge in [0.2, 0.25) is 5.95 Å². The number of nitrogens with zero attached hydrogens (tertiary/aromatic N) is 3. The number of rotatable bonds is 5. The number of ether oxygens (including phenoxy) is 1. The third-order valence-corrected chi connectivity index (χ3v) is 3.82. The van der Waals surface area contributed by atoms with Crippen LogP contribution in [0.1, 0.15) is 5.56 Å². The molecular weight excluding hydrogens is 358 g/mol. The Bertz CT molecular complexity index is 848. The van der Waals surface area contributed by atoms with Crippen LogP contribution in [0.2, 0.25) is 5.02 Å². The van der Waals surface area contributed by atoms with Crippen LogP contribution in [0.15, 0.2) is 54.9 Å². The Morgan fingerprint density at radius 2 is 1.84 bits per heavy atom. The number of anilines is 2. The molecule has 0 unspecified atom stereocenters. The first-order chi connectivity index (χ1) is 12.1. The Morgan fingerprint density at radius 1 is 1.12 bits per heavy atom. The van der Waals surface area contributed by atoms with Gasteiger partial charge in [-0.3, -0.25) is 5.32 Å². The molecule has 0 spiro atoms. The average molecular weight is 374 g/mol. The molecule has 128 valence electrons. The molecule has 0 saturated carbocycles. The second kappa shape index (κ2) is 7.96. The Kier molecular flexibility index (Phi) is 5.47. The summed E-state index contributed by atoms with van der Waals surface area (Å²) in [5.41, 5.74) is 1.93. The topological polar surface area (TPSA) is 64.0 Å². The van der Waals surface area contributed by atoms with Crippen molar-refractivity contribution in [1.82, 2.24) is 14.8 Å². The van der Waals surface area contributed by atoms with Crippen LogP contribution in [0.3, 0.4) is 0 Å². The Balaban J connectivity index is 1.56. The Labute approximate surface area is 155 Å². The van der Waals surface area contributed by atoms with Crippen molar-refractivity contribution in [3.63, 3.8) is 0 Å². The van der Waals surface area contributed by atoms with E-state index in [1.807, 2.05) is 48.5 Å². The van der Waals surface area contributed by atoms with Gasteiger partial charge in [0.25, 0.3) is 0 Å². The summed E-state index contributed by atoms with van der Waals surface area (Å²) in [5, 5.41) is 11.5. The maximum absolute atomic E-state index is 5.89. The van der Waals surface area contributed by atoms with Crippen molar-refractivity contribution in [3.05, 3.63) is 65.4 Å². The molecule has 0 radical (unpaired) electrons. The molecule has 0 bridgehead atoms. The molecule has 0 amide bonds. The standard InChI is InChI=1S/C17H16ClN5OS/c1-24-15-8-6-14(7-9-15)20-17(25)21-16-19-11-23(22-16)10-12-2-4-13(18)5-3-12/h2-9,11H,10H2,1H3,(H2,20,21,22,25). The molecule has 3 aromatic rings. The molecule has 2 N–H and O–H groups in total. The highest BCUT2D eigenvalue weighted by Gasteiger charge is 2.05. The Hall–Kier alpha value is -2.64. The minimum absolute atomic E-state index is 0.411. The summed E-state index contributed by atoms with van der Waals surface area (Å²) in [6.07, 6.45) is 1.65. The van der Waals surface area contributed by atoms with E-state index in [0.717, 1.165) is 17.0 Å². The van der Waals surface area contributed by atoms with Crippen LogP contribution >= 0.6 is 23.8 Å². The van der Waals surface area contributed by atoms with E-state index in [4.69, 9.17) is 28.6 Å². The van der Waals surface area contributed by atoms with E-state index in [1.165, 1.54) is 0 Å². The lowest BCUT2D eigenvalue weighted by Gasteiger charge is -2.08. The molecule has 0 atom stereocenters. The van der Waals surface area contributed by atoms with E-state index < -0.39 is 0 Å². The predicted molar refractivity (Wildman–Crippen MR) is 103 cm³/mol. The van der Waals surface area contributed by atoms with Crippen molar-refractivity contribution < 1.29 is 4.74 Å². The molecule has 0 fully saturated rings. The van der Waals surface area contributed by atoms with Gasteiger partial charge in [0.1, 0.15) is 12.1 Å². The van der Waals surface area contributed by atoms with E-state index in [-0.39, 0.29) is 0 Å².